The average molecular weight is 398 g/mol. The summed E-state index contributed by atoms with van der Waals surface area (Å²) in [6.07, 6.45) is 5.47. The van der Waals surface area contributed by atoms with Crippen molar-refractivity contribution in [1.29, 1.82) is 0 Å². The van der Waals surface area contributed by atoms with Crippen molar-refractivity contribution in [2.45, 2.75) is 12.5 Å². The minimum absolute atomic E-state index is 0.0170. The number of rotatable bonds is 4. The molecule has 2 aromatic heterocycles. The molecule has 6 heteroatoms. The second kappa shape index (κ2) is 7.72. The molecule has 4 aromatic rings. The first kappa shape index (κ1) is 18.5. The van der Waals surface area contributed by atoms with Crippen LogP contribution in [0.4, 0.5) is 0 Å². The fourth-order valence-electron chi connectivity index (χ4n) is 4.27. The minimum Gasteiger partial charge on any atom is -0.391 e. The van der Waals surface area contributed by atoms with Gasteiger partial charge in [0.05, 0.1) is 22.9 Å². The maximum absolute atomic E-state index is 13.3. The van der Waals surface area contributed by atoms with E-state index in [1.165, 1.54) is 0 Å². The number of fused-ring (bicyclic) bond motifs is 1. The molecular formula is C24H22N4O2. The summed E-state index contributed by atoms with van der Waals surface area (Å²) >= 11 is 0. The molecular weight excluding hydrogens is 376 g/mol. The number of pyridine rings is 1. The van der Waals surface area contributed by atoms with Crippen LogP contribution in [0, 0.1) is 5.92 Å². The summed E-state index contributed by atoms with van der Waals surface area (Å²) < 4.78 is 1.69. The van der Waals surface area contributed by atoms with Gasteiger partial charge in [-0.25, -0.2) is 4.68 Å². The minimum atomic E-state index is -0.558. The van der Waals surface area contributed by atoms with E-state index >= 15 is 0 Å². The SMILES string of the molecule is O=C(c1ccccc1-n1cccn1)N1C[C@@H](Cc2ccnc3ccccc23)[C@@H](O)C1. The third-order valence-electron chi connectivity index (χ3n) is 5.80. The van der Waals surface area contributed by atoms with Crippen molar-refractivity contribution in [3.8, 4) is 5.69 Å². The van der Waals surface area contributed by atoms with Gasteiger partial charge in [0.2, 0.25) is 0 Å². The first-order chi connectivity index (χ1) is 14.7. The maximum Gasteiger partial charge on any atom is 0.256 e. The van der Waals surface area contributed by atoms with Gasteiger partial charge < -0.3 is 10.0 Å². The van der Waals surface area contributed by atoms with Gasteiger partial charge in [-0.05, 0) is 42.3 Å². The number of β-amino-alcohol motifs (C(OH)–C–C–N with tert-alkyl or cyclic N) is 1. The highest BCUT2D eigenvalue weighted by Gasteiger charge is 2.35. The van der Waals surface area contributed by atoms with Gasteiger partial charge in [0.25, 0.3) is 5.91 Å². The lowest BCUT2D eigenvalue weighted by Gasteiger charge is -2.18. The summed E-state index contributed by atoms with van der Waals surface area (Å²) in [6.45, 7) is 0.851. The number of aliphatic hydroxyl groups is 1. The van der Waals surface area contributed by atoms with E-state index in [0.717, 1.165) is 22.2 Å². The van der Waals surface area contributed by atoms with Crippen LogP contribution in [0.2, 0.25) is 0 Å². The molecule has 2 atom stereocenters. The van der Waals surface area contributed by atoms with Crippen molar-refractivity contribution < 1.29 is 9.90 Å². The first-order valence-corrected chi connectivity index (χ1v) is 10.1. The third kappa shape index (κ3) is 3.35. The molecule has 1 aliphatic rings. The molecule has 0 unspecified atom stereocenters. The van der Waals surface area contributed by atoms with Crippen LogP contribution >= 0.6 is 0 Å². The fraction of sp³-hybridized carbons (Fsp3) is 0.208. The predicted molar refractivity (Wildman–Crippen MR) is 114 cm³/mol. The van der Waals surface area contributed by atoms with Crippen LogP contribution in [0.5, 0.6) is 0 Å². The van der Waals surface area contributed by atoms with E-state index in [9.17, 15) is 9.90 Å². The Morgan fingerprint density at radius 2 is 1.83 bits per heavy atom. The summed E-state index contributed by atoms with van der Waals surface area (Å²) in [7, 11) is 0. The highest BCUT2D eigenvalue weighted by molar-refractivity contribution is 5.98. The van der Waals surface area contributed by atoms with Crippen molar-refractivity contribution in [3.05, 3.63) is 90.4 Å². The van der Waals surface area contributed by atoms with Gasteiger partial charge >= 0.3 is 0 Å². The molecule has 0 saturated carbocycles. The van der Waals surface area contributed by atoms with Crippen molar-refractivity contribution in [1.82, 2.24) is 19.7 Å². The Balaban J connectivity index is 1.38. The van der Waals surface area contributed by atoms with Gasteiger partial charge in [-0.15, -0.1) is 0 Å². The monoisotopic (exact) mass is 398 g/mol. The molecule has 30 heavy (non-hydrogen) atoms. The van der Waals surface area contributed by atoms with Crippen molar-refractivity contribution in [2.75, 3.05) is 13.1 Å². The number of nitrogens with zero attached hydrogens (tertiary/aromatic N) is 4. The summed E-state index contributed by atoms with van der Waals surface area (Å²) in [5.41, 5.74) is 3.42. The number of hydrogen-bond acceptors (Lipinski definition) is 4. The molecule has 2 aromatic carbocycles. The Kier molecular flexibility index (Phi) is 4.77. The van der Waals surface area contributed by atoms with Crippen molar-refractivity contribution in [2.24, 2.45) is 5.92 Å². The smallest absolute Gasteiger partial charge is 0.256 e. The van der Waals surface area contributed by atoms with Crippen LogP contribution in [-0.2, 0) is 6.42 Å². The number of hydrogen-bond donors (Lipinski definition) is 1. The Morgan fingerprint density at radius 1 is 1.00 bits per heavy atom. The van der Waals surface area contributed by atoms with Gasteiger partial charge in [0, 0.05) is 43.0 Å². The number of carbonyl (C=O) groups excluding carboxylic acids is 1. The predicted octanol–water partition coefficient (Wildman–Crippen LogP) is 3.10. The molecule has 1 aliphatic heterocycles. The molecule has 0 bridgehead atoms. The molecule has 0 radical (unpaired) electrons. The van der Waals surface area contributed by atoms with Gasteiger partial charge in [0.15, 0.2) is 0 Å². The van der Waals surface area contributed by atoms with E-state index in [4.69, 9.17) is 0 Å². The number of amides is 1. The normalized spacial score (nSPS) is 18.8. The topological polar surface area (TPSA) is 71.2 Å². The second-order valence-electron chi connectivity index (χ2n) is 7.70. The first-order valence-electron chi connectivity index (χ1n) is 10.1. The summed E-state index contributed by atoms with van der Waals surface area (Å²) in [6, 6.07) is 19.3. The molecule has 6 nitrogen and oxygen atoms in total. The number of aliphatic hydroxyl groups excluding tert-OH is 1. The second-order valence-corrected chi connectivity index (χ2v) is 7.70. The zero-order chi connectivity index (χ0) is 20.5. The molecule has 3 heterocycles. The molecule has 150 valence electrons. The molecule has 0 spiro atoms. The van der Waals surface area contributed by atoms with Gasteiger partial charge in [-0.2, -0.15) is 5.10 Å². The lowest BCUT2D eigenvalue weighted by Crippen LogP contribution is -2.30. The highest BCUT2D eigenvalue weighted by Crippen LogP contribution is 2.27. The Hall–Kier alpha value is -3.51. The summed E-state index contributed by atoms with van der Waals surface area (Å²) in [5.74, 6) is -0.0983. The van der Waals surface area contributed by atoms with E-state index in [0.29, 0.717) is 25.1 Å². The third-order valence-corrected chi connectivity index (χ3v) is 5.80. The molecule has 1 N–H and O–H groups in total. The summed E-state index contributed by atoms with van der Waals surface area (Å²) in [5, 5.41) is 16.1. The van der Waals surface area contributed by atoms with Crippen LogP contribution in [0.25, 0.3) is 16.6 Å². The van der Waals surface area contributed by atoms with E-state index in [1.807, 2.05) is 67.0 Å². The van der Waals surface area contributed by atoms with Crippen LogP contribution in [0.15, 0.2) is 79.3 Å². The van der Waals surface area contributed by atoms with Crippen LogP contribution in [0.1, 0.15) is 15.9 Å². The van der Waals surface area contributed by atoms with Crippen LogP contribution in [-0.4, -0.2) is 49.9 Å². The molecule has 1 amide bonds. The number of para-hydroxylation sites is 2. The molecule has 1 fully saturated rings. The van der Waals surface area contributed by atoms with E-state index in [1.54, 1.807) is 15.8 Å². The van der Waals surface area contributed by atoms with Crippen LogP contribution in [0.3, 0.4) is 0 Å². The Labute approximate surface area is 174 Å². The maximum atomic E-state index is 13.3. The van der Waals surface area contributed by atoms with Crippen molar-refractivity contribution >= 4 is 16.8 Å². The Morgan fingerprint density at radius 3 is 2.70 bits per heavy atom. The van der Waals surface area contributed by atoms with Gasteiger partial charge in [-0.1, -0.05) is 30.3 Å². The Bertz CT molecular complexity index is 1180. The standard InChI is InChI=1S/C24H22N4O2/c29-23-16-27(24(30)20-7-2-4-9-22(20)28-13-5-11-26-28)15-18(23)14-17-10-12-25-21-8-3-1-6-19(17)21/h1-13,18,23,29H,14-16H2/t18-,23+/m1/s1. The largest absolute Gasteiger partial charge is 0.391 e. The van der Waals surface area contributed by atoms with E-state index < -0.39 is 6.10 Å². The number of aromatic nitrogens is 3. The van der Waals surface area contributed by atoms with E-state index in [2.05, 4.69) is 16.1 Å². The van der Waals surface area contributed by atoms with E-state index in [-0.39, 0.29) is 11.8 Å². The number of likely N-dealkylation sites (tertiary alicyclic amines) is 1. The van der Waals surface area contributed by atoms with Crippen molar-refractivity contribution in [3.63, 3.8) is 0 Å². The highest BCUT2D eigenvalue weighted by atomic mass is 16.3. The molecule has 5 rings (SSSR count). The fourth-order valence-corrected chi connectivity index (χ4v) is 4.27. The van der Waals surface area contributed by atoms with Crippen LogP contribution < -0.4 is 0 Å². The zero-order valence-corrected chi connectivity index (χ0v) is 16.4. The zero-order valence-electron chi connectivity index (χ0n) is 16.4. The number of carbonyl (C=O) groups is 1. The molecule has 0 aliphatic carbocycles. The van der Waals surface area contributed by atoms with Gasteiger partial charge in [-0.3, -0.25) is 9.78 Å². The lowest BCUT2D eigenvalue weighted by atomic mass is 9.94. The average Bonchev–Trinajstić information content (AvgIpc) is 3.44. The number of benzene rings is 2. The lowest BCUT2D eigenvalue weighted by molar-refractivity contribution is 0.0764. The van der Waals surface area contributed by atoms with Gasteiger partial charge in [0.1, 0.15) is 0 Å². The summed E-state index contributed by atoms with van der Waals surface area (Å²) in [4.78, 5) is 19.5. The quantitative estimate of drug-likeness (QED) is 0.573. The molecule has 1 saturated heterocycles.